The number of hydrogen-bond acceptors (Lipinski definition) is 3. The molecule has 2 aromatic rings. The number of likely N-dealkylation sites (tertiary alicyclic amines) is 1. The fourth-order valence-electron chi connectivity index (χ4n) is 4.04. The summed E-state index contributed by atoms with van der Waals surface area (Å²) in [6.07, 6.45) is 0. The Bertz CT molecular complexity index is 832. The van der Waals surface area contributed by atoms with Gasteiger partial charge in [-0.1, -0.05) is 81.4 Å². The van der Waals surface area contributed by atoms with E-state index in [1.807, 2.05) is 36.4 Å². The Labute approximate surface area is 182 Å². The van der Waals surface area contributed by atoms with Crippen LogP contribution in [0.15, 0.2) is 60.7 Å². The van der Waals surface area contributed by atoms with Gasteiger partial charge in [0.2, 0.25) is 0 Å². The van der Waals surface area contributed by atoms with E-state index in [9.17, 15) is 9.90 Å². The van der Waals surface area contributed by atoms with Crippen molar-refractivity contribution in [1.82, 2.24) is 4.90 Å². The van der Waals surface area contributed by atoms with Gasteiger partial charge in [0.25, 0.3) is 0 Å². The standard InChI is InChI=1S/C25H35NO3Si/c1-25(2,3)30(4,5)29-18-21-16-26(17-22(21)19-12-8-6-9-13-19)23(24(27)28)20-14-10-7-11-15-20/h6-15,21-23H,16-18H2,1-5H3,(H,27,28)/t21-,22+,23+/m0/s1. The van der Waals surface area contributed by atoms with E-state index >= 15 is 0 Å². The second kappa shape index (κ2) is 9.04. The molecule has 4 nitrogen and oxygen atoms in total. The zero-order chi connectivity index (χ0) is 21.9. The molecule has 0 aliphatic carbocycles. The lowest BCUT2D eigenvalue weighted by molar-refractivity contribution is -0.143. The zero-order valence-electron chi connectivity index (χ0n) is 18.8. The van der Waals surface area contributed by atoms with Crippen LogP contribution in [-0.2, 0) is 9.22 Å². The largest absolute Gasteiger partial charge is 0.480 e. The molecule has 1 saturated heterocycles. The highest BCUT2D eigenvalue weighted by atomic mass is 28.4. The molecule has 0 spiro atoms. The van der Waals surface area contributed by atoms with E-state index in [4.69, 9.17) is 4.43 Å². The van der Waals surface area contributed by atoms with E-state index in [1.54, 1.807) is 0 Å². The lowest BCUT2D eigenvalue weighted by atomic mass is 9.90. The van der Waals surface area contributed by atoms with E-state index in [1.165, 1.54) is 5.56 Å². The predicted molar refractivity (Wildman–Crippen MR) is 124 cm³/mol. The van der Waals surface area contributed by atoms with Gasteiger partial charge in [-0.3, -0.25) is 9.69 Å². The van der Waals surface area contributed by atoms with Crippen molar-refractivity contribution < 1.29 is 14.3 Å². The van der Waals surface area contributed by atoms with Gasteiger partial charge in [-0.15, -0.1) is 0 Å². The van der Waals surface area contributed by atoms with Crippen LogP contribution in [0.3, 0.4) is 0 Å². The molecule has 0 bridgehead atoms. The number of nitrogens with zero attached hydrogens (tertiary/aromatic N) is 1. The minimum atomic E-state index is -1.87. The van der Waals surface area contributed by atoms with Crippen molar-refractivity contribution in [3.8, 4) is 0 Å². The number of benzene rings is 2. The molecule has 1 N–H and O–H groups in total. The number of hydrogen-bond donors (Lipinski definition) is 1. The van der Waals surface area contributed by atoms with Gasteiger partial charge in [0.15, 0.2) is 8.32 Å². The third-order valence-corrected chi connectivity index (χ3v) is 11.4. The Kier molecular flexibility index (Phi) is 6.85. The first-order valence-corrected chi connectivity index (χ1v) is 13.7. The van der Waals surface area contributed by atoms with Gasteiger partial charge in [-0.25, -0.2) is 0 Å². The van der Waals surface area contributed by atoms with E-state index < -0.39 is 20.3 Å². The molecule has 0 unspecified atom stereocenters. The Morgan fingerprint density at radius 2 is 1.63 bits per heavy atom. The molecule has 0 saturated carbocycles. The third-order valence-electron chi connectivity index (χ3n) is 6.88. The second-order valence-corrected chi connectivity index (χ2v) is 14.8. The van der Waals surface area contributed by atoms with Crippen molar-refractivity contribution >= 4 is 14.3 Å². The third kappa shape index (κ3) is 5.02. The molecule has 0 amide bonds. The Hall–Kier alpha value is -1.95. The summed E-state index contributed by atoms with van der Waals surface area (Å²) in [5.41, 5.74) is 2.10. The van der Waals surface area contributed by atoms with E-state index in [2.05, 4.69) is 63.0 Å². The van der Waals surface area contributed by atoms with Crippen LogP contribution in [0, 0.1) is 5.92 Å². The van der Waals surface area contributed by atoms with Gasteiger partial charge >= 0.3 is 5.97 Å². The van der Waals surface area contributed by atoms with Crippen LogP contribution < -0.4 is 0 Å². The number of aliphatic carboxylic acids is 1. The number of carboxylic acid groups (broad SMARTS) is 1. The fraction of sp³-hybridized carbons (Fsp3) is 0.480. The normalized spacial score (nSPS) is 21.5. The van der Waals surface area contributed by atoms with Crippen LogP contribution >= 0.6 is 0 Å². The lowest BCUT2D eigenvalue weighted by Gasteiger charge is -2.37. The molecule has 3 rings (SSSR count). The molecular formula is C25H35NO3Si. The van der Waals surface area contributed by atoms with Crippen LogP contribution in [0.2, 0.25) is 18.1 Å². The van der Waals surface area contributed by atoms with Gasteiger partial charge < -0.3 is 9.53 Å². The van der Waals surface area contributed by atoms with Crippen LogP contribution in [0.5, 0.6) is 0 Å². The van der Waals surface area contributed by atoms with Crippen molar-refractivity contribution in [2.75, 3.05) is 19.7 Å². The smallest absolute Gasteiger partial charge is 0.325 e. The van der Waals surface area contributed by atoms with Crippen LogP contribution in [0.4, 0.5) is 0 Å². The summed E-state index contributed by atoms with van der Waals surface area (Å²) in [6.45, 7) is 13.4. The molecule has 1 heterocycles. The molecule has 30 heavy (non-hydrogen) atoms. The van der Waals surface area contributed by atoms with Gasteiger partial charge in [0, 0.05) is 31.5 Å². The highest BCUT2D eigenvalue weighted by Crippen LogP contribution is 2.41. The number of carbonyl (C=O) groups is 1. The van der Waals surface area contributed by atoms with Gasteiger partial charge in [0.1, 0.15) is 6.04 Å². The molecular weight excluding hydrogens is 390 g/mol. The Balaban J connectivity index is 1.86. The highest BCUT2D eigenvalue weighted by Gasteiger charge is 2.43. The Morgan fingerprint density at radius 1 is 1.07 bits per heavy atom. The molecule has 3 atom stereocenters. The summed E-state index contributed by atoms with van der Waals surface area (Å²) in [7, 11) is -1.87. The number of rotatable bonds is 7. The first kappa shape index (κ1) is 22.7. The first-order chi connectivity index (χ1) is 14.1. The summed E-state index contributed by atoms with van der Waals surface area (Å²) in [4.78, 5) is 14.3. The van der Waals surface area contributed by atoms with E-state index in [-0.39, 0.29) is 16.9 Å². The monoisotopic (exact) mass is 425 g/mol. The molecule has 5 heteroatoms. The summed E-state index contributed by atoms with van der Waals surface area (Å²) >= 11 is 0. The highest BCUT2D eigenvalue weighted by molar-refractivity contribution is 6.74. The predicted octanol–water partition coefficient (Wildman–Crippen LogP) is 5.55. The number of carboxylic acids is 1. The maximum Gasteiger partial charge on any atom is 0.325 e. The molecule has 1 aliphatic rings. The topological polar surface area (TPSA) is 49.8 Å². The molecule has 1 fully saturated rings. The molecule has 0 radical (unpaired) electrons. The zero-order valence-corrected chi connectivity index (χ0v) is 19.8. The van der Waals surface area contributed by atoms with Crippen LogP contribution in [0.1, 0.15) is 43.9 Å². The van der Waals surface area contributed by atoms with Crippen molar-refractivity contribution in [2.24, 2.45) is 5.92 Å². The molecule has 2 aromatic carbocycles. The van der Waals surface area contributed by atoms with Crippen molar-refractivity contribution in [2.45, 2.75) is 50.9 Å². The fourth-order valence-corrected chi connectivity index (χ4v) is 5.10. The summed E-state index contributed by atoms with van der Waals surface area (Å²) in [5, 5.41) is 10.2. The summed E-state index contributed by atoms with van der Waals surface area (Å²) < 4.78 is 6.59. The van der Waals surface area contributed by atoms with E-state index in [0.29, 0.717) is 6.61 Å². The average Bonchev–Trinajstić information content (AvgIpc) is 3.10. The average molecular weight is 426 g/mol. The summed E-state index contributed by atoms with van der Waals surface area (Å²) in [6, 6.07) is 19.4. The minimum Gasteiger partial charge on any atom is -0.480 e. The maximum atomic E-state index is 12.2. The Morgan fingerprint density at radius 3 is 2.17 bits per heavy atom. The van der Waals surface area contributed by atoms with Crippen LogP contribution in [-0.4, -0.2) is 44.0 Å². The lowest BCUT2D eigenvalue weighted by Crippen LogP contribution is -2.42. The van der Waals surface area contributed by atoms with Crippen molar-refractivity contribution in [3.05, 3.63) is 71.8 Å². The SMILES string of the molecule is CC(C)(C)[Si](C)(C)OC[C@@H]1CN([C@@H](C(=O)O)c2ccccc2)C[C@@H]1c1ccccc1. The van der Waals surface area contributed by atoms with E-state index in [0.717, 1.165) is 18.7 Å². The molecule has 0 aromatic heterocycles. The molecule has 162 valence electrons. The second-order valence-electron chi connectivity index (χ2n) is 9.95. The van der Waals surface area contributed by atoms with Crippen molar-refractivity contribution in [1.29, 1.82) is 0 Å². The first-order valence-electron chi connectivity index (χ1n) is 10.8. The van der Waals surface area contributed by atoms with Crippen molar-refractivity contribution in [3.63, 3.8) is 0 Å². The minimum absolute atomic E-state index is 0.154. The van der Waals surface area contributed by atoms with Gasteiger partial charge in [-0.05, 0) is 29.3 Å². The van der Waals surface area contributed by atoms with Gasteiger partial charge in [-0.2, -0.15) is 0 Å². The van der Waals surface area contributed by atoms with Gasteiger partial charge in [0.05, 0.1) is 0 Å². The summed E-state index contributed by atoms with van der Waals surface area (Å²) in [5.74, 6) is -0.257. The quantitative estimate of drug-likeness (QED) is 0.591. The van der Waals surface area contributed by atoms with Crippen LogP contribution in [0.25, 0.3) is 0 Å². The molecule has 1 aliphatic heterocycles. The maximum absolute atomic E-state index is 12.2.